The molecule has 2 aliphatic rings. The van der Waals surface area contributed by atoms with Crippen LogP contribution in [0.15, 0.2) is 18.6 Å². The lowest BCUT2D eigenvalue weighted by Gasteiger charge is -2.37. The summed E-state index contributed by atoms with van der Waals surface area (Å²) in [6.45, 7) is 20.0. The number of likely N-dealkylation sites (tertiary alicyclic amines) is 1. The molecule has 0 bridgehead atoms. The molecule has 9 nitrogen and oxygen atoms in total. The Morgan fingerprint density at radius 2 is 1.51 bits per heavy atom. The number of ketones is 5. The maximum absolute atomic E-state index is 14.6. The maximum Gasteiger partial charge on any atom is 0.227 e. The van der Waals surface area contributed by atoms with E-state index in [2.05, 4.69) is 9.97 Å². The van der Waals surface area contributed by atoms with E-state index in [9.17, 15) is 28.8 Å². The van der Waals surface area contributed by atoms with Gasteiger partial charge in [-0.15, -0.1) is 0 Å². The molecule has 3 rings (SSSR count). The zero-order valence-corrected chi connectivity index (χ0v) is 31.7. The fourth-order valence-corrected chi connectivity index (χ4v) is 7.78. The van der Waals surface area contributed by atoms with Crippen LogP contribution in [0.2, 0.25) is 0 Å². The van der Waals surface area contributed by atoms with E-state index in [0.29, 0.717) is 19.4 Å². The average molecular weight is 680 g/mol. The van der Waals surface area contributed by atoms with Crippen LogP contribution < -0.4 is 0 Å². The summed E-state index contributed by atoms with van der Waals surface area (Å²) in [5.74, 6) is -3.21. The van der Waals surface area contributed by atoms with Gasteiger partial charge in [0.1, 0.15) is 11.5 Å². The van der Waals surface area contributed by atoms with Gasteiger partial charge in [0.25, 0.3) is 0 Å². The van der Waals surface area contributed by atoms with E-state index in [0.717, 1.165) is 19.3 Å². The number of rotatable bonds is 17. The maximum atomic E-state index is 14.6. The van der Waals surface area contributed by atoms with Crippen molar-refractivity contribution in [1.29, 1.82) is 0 Å². The second-order valence-electron chi connectivity index (χ2n) is 17.4. The third-order valence-electron chi connectivity index (χ3n) is 11.3. The smallest absolute Gasteiger partial charge is 0.227 e. The zero-order chi connectivity index (χ0) is 36.8. The van der Waals surface area contributed by atoms with E-state index >= 15 is 0 Å². The van der Waals surface area contributed by atoms with Crippen molar-refractivity contribution in [2.24, 2.45) is 52.3 Å². The molecule has 0 unspecified atom stereocenters. The molecule has 49 heavy (non-hydrogen) atoms. The Balaban J connectivity index is 1.87. The van der Waals surface area contributed by atoms with Gasteiger partial charge in [0, 0.05) is 62.4 Å². The van der Waals surface area contributed by atoms with E-state index in [1.54, 1.807) is 4.90 Å². The molecule has 1 amide bonds. The molecule has 9 heteroatoms. The molecule has 2 fully saturated rings. The van der Waals surface area contributed by atoms with Gasteiger partial charge in [0.05, 0.1) is 12.2 Å². The molecule has 0 radical (unpaired) electrons. The van der Waals surface area contributed by atoms with Crippen LogP contribution >= 0.6 is 0 Å². The van der Waals surface area contributed by atoms with Gasteiger partial charge >= 0.3 is 0 Å². The fraction of sp³-hybridized carbons (Fsp3) is 0.750. The fourth-order valence-electron chi connectivity index (χ4n) is 7.78. The Bertz CT molecular complexity index is 1360. The van der Waals surface area contributed by atoms with Crippen LogP contribution in [0.4, 0.5) is 0 Å². The topological polar surface area (TPSA) is 131 Å². The van der Waals surface area contributed by atoms with Gasteiger partial charge in [-0.3, -0.25) is 33.8 Å². The molecule has 272 valence electrons. The number of carbonyl (C=O) groups excluding carboxylic acids is 6. The molecular formula is C40H61N3O6. The van der Waals surface area contributed by atoms with Crippen molar-refractivity contribution in [2.75, 3.05) is 6.54 Å². The molecule has 7 atom stereocenters. The Morgan fingerprint density at radius 3 is 2.06 bits per heavy atom. The first-order chi connectivity index (χ1) is 22.8. The van der Waals surface area contributed by atoms with Crippen molar-refractivity contribution in [3.05, 3.63) is 24.3 Å². The predicted molar refractivity (Wildman–Crippen MR) is 189 cm³/mol. The van der Waals surface area contributed by atoms with Gasteiger partial charge in [-0.05, 0) is 53.8 Å². The largest absolute Gasteiger partial charge is 0.332 e. The minimum absolute atomic E-state index is 0.00809. The SMILES string of the molecule is CCC[C@H](CC(=O)[C@@H]1[C@H]2CCC[C@H]2CN1C(=O)[C@@H](CC(=O)[C@@H](CC(=O)c1cnccn1)C(C)(C)C)C(C)(C)C)C(=O)C(=O)C[C@@H](C)C(C)C. The normalized spacial score (nSPS) is 21.9. The third kappa shape index (κ3) is 10.2. The lowest BCUT2D eigenvalue weighted by atomic mass is 9.70. The monoisotopic (exact) mass is 679 g/mol. The van der Waals surface area contributed by atoms with Crippen LogP contribution in [0.25, 0.3) is 0 Å². The molecule has 0 N–H and O–H groups in total. The Hall–Kier alpha value is -3.10. The van der Waals surface area contributed by atoms with Gasteiger partial charge in [-0.2, -0.15) is 0 Å². The van der Waals surface area contributed by atoms with Crippen molar-refractivity contribution in [3.63, 3.8) is 0 Å². The summed E-state index contributed by atoms with van der Waals surface area (Å²) in [6, 6.07) is -0.673. The van der Waals surface area contributed by atoms with E-state index in [1.807, 2.05) is 69.2 Å². The second kappa shape index (κ2) is 16.7. The summed E-state index contributed by atoms with van der Waals surface area (Å²) in [4.78, 5) is 92.4. The summed E-state index contributed by atoms with van der Waals surface area (Å²) < 4.78 is 0. The zero-order valence-electron chi connectivity index (χ0n) is 31.7. The quantitative estimate of drug-likeness (QED) is 0.125. The first-order valence-electron chi connectivity index (χ1n) is 18.5. The summed E-state index contributed by atoms with van der Waals surface area (Å²) in [5, 5.41) is 0. The van der Waals surface area contributed by atoms with E-state index in [4.69, 9.17) is 0 Å². The number of hydrogen-bond acceptors (Lipinski definition) is 8. The number of aromatic nitrogens is 2. The van der Waals surface area contributed by atoms with Gasteiger partial charge in [0.15, 0.2) is 17.3 Å². The first kappa shape index (κ1) is 40.3. The van der Waals surface area contributed by atoms with Crippen LogP contribution in [0, 0.1) is 52.3 Å². The van der Waals surface area contributed by atoms with Crippen LogP contribution in [0.5, 0.6) is 0 Å². The summed E-state index contributed by atoms with van der Waals surface area (Å²) >= 11 is 0. The highest BCUT2D eigenvalue weighted by Gasteiger charge is 2.52. The van der Waals surface area contributed by atoms with Crippen molar-refractivity contribution >= 4 is 34.8 Å². The number of fused-ring (bicyclic) bond motifs is 1. The van der Waals surface area contributed by atoms with E-state index in [-0.39, 0.29) is 78.3 Å². The van der Waals surface area contributed by atoms with Crippen molar-refractivity contribution in [2.45, 2.75) is 133 Å². The molecule has 1 aliphatic heterocycles. The summed E-state index contributed by atoms with van der Waals surface area (Å²) in [6.07, 6.45) is 8.22. The number of Topliss-reactive ketones (excluding diaryl/α,β-unsaturated/α-hetero) is 5. The molecule has 1 aromatic heterocycles. The van der Waals surface area contributed by atoms with Crippen LogP contribution in [0.1, 0.15) is 138 Å². The predicted octanol–water partition coefficient (Wildman–Crippen LogP) is 7.16. The molecule has 1 aromatic rings. The average Bonchev–Trinajstić information content (AvgIpc) is 3.62. The minimum Gasteiger partial charge on any atom is -0.332 e. The summed E-state index contributed by atoms with van der Waals surface area (Å²) in [7, 11) is 0. The van der Waals surface area contributed by atoms with E-state index < -0.39 is 46.2 Å². The molecular weight excluding hydrogens is 618 g/mol. The molecule has 1 saturated carbocycles. The van der Waals surface area contributed by atoms with Crippen LogP contribution in [-0.2, 0) is 24.0 Å². The minimum atomic E-state index is -0.710. The Morgan fingerprint density at radius 1 is 0.857 bits per heavy atom. The lowest BCUT2D eigenvalue weighted by molar-refractivity contribution is -0.148. The first-order valence-corrected chi connectivity index (χ1v) is 18.5. The van der Waals surface area contributed by atoms with Gasteiger partial charge in [0.2, 0.25) is 11.7 Å². The highest BCUT2D eigenvalue weighted by molar-refractivity contribution is 6.38. The highest BCUT2D eigenvalue weighted by Crippen LogP contribution is 2.45. The molecule has 1 aliphatic carbocycles. The van der Waals surface area contributed by atoms with Crippen molar-refractivity contribution in [3.8, 4) is 0 Å². The number of hydrogen-bond donors (Lipinski definition) is 0. The summed E-state index contributed by atoms with van der Waals surface area (Å²) in [5.41, 5.74) is -0.946. The highest BCUT2D eigenvalue weighted by atomic mass is 16.2. The molecule has 1 saturated heterocycles. The Kier molecular flexibility index (Phi) is 13.8. The van der Waals surface area contributed by atoms with Crippen molar-refractivity contribution in [1.82, 2.24) is 14.9 Å². The van der Waals surface area contributed by atoms with E-state index in [1.165, 1.54) is 18.6 Å². The van der Waals surface area contributed by atoms with Gasteiger partial charge in [-0.1, -0.05) is 82.1 Å². The number of nitrogens with zero attached hydrogens (tertiary/aromatic N) is 3. The molecule has 2 heterocycles. The number of carbonyl (C=O) groups is 6. The Labute approximate surface area is 294 Å². The van der Waals surface area contributed by atoms with Gasteiger partial charge < -0.3 is 4.90 Å². The lowest BCUT2D eigenvalue weighted by Crippen LogP contribution is -2.50. The van der Waals surface area contributed by atoms with Crippen molar-refractivity contribution < 1.29 is 28.8 Å². The van der Waals surface area contributed by atoms with Crippen LogP contribution in [-0.4, -0.2) is 62.3 Å². The molecule has 0 spiro atoms. The second-order valence-corrected chi connectivity index (χ2v) is 17.4. The number of amides is 1. The van der Waals surface area contributed by atoms with Gasteiger partial charge in [-0.25, -0.2) is 4.98 Å². The third-order valence-corrected chi connectivity index (χ3v) is 11.3. The van der Waals surface area contributed by atoms with Crippen LogP contribution in [0.3, 0.4) is 0 Å². The molecule has 0 aromatic carbocycles. The standard InChI is InChI=1S/C40H61N3O6/c1-11-13-26(37(48)35(47)18-25(4)24(2)3)19-34(46)36-28-15-12-14-27(28)23-43(36)38(49)30(40(8,9)10)21-32(44)29(39(5,6)7)20-33(45)31-22-41-16-17-42-31/h16-17,22,24-30,36H,11-15,18-21,23H2,1-10H3/t25-,26-,27+,28+,29-,30-,36+/m1/s1.